The molecule has 1 rings (SSSR count). The van der Waals surface area contributed by atoms with Crippen LogP contribution < -0.4 is 5.73 Å². The first kappa shape index (κ1) is 13.4. The normalized spacial score (nSPS) is 21.0. The number of aliphatic imine (C=N–C) groups is 1. The molecule has 1 atom stereocenters. The lowest BCUT2D eigenvalue weighted by Gasteiger charge is -2.27. The first-order valence-electron chi connectivity index (χ1n) is 4.78. The average molecular weight is 257 g/mol. The van der Waals surface area contributed by atoms with E-state index in [0.29, 0.717) is 13.1 Å². The Kier molecular flexibility index (Phi) is 4.72. The molecule has 1 heterocycles. The molecule has 94 valence electrons. The van der Waals surface area contributed by atoms with Crippen molar-refractivity contribution in [2.45, 2.75) is 12.3 Å². The van der Waals surface area contributed by atoms with Crippen molar-refractivity contribution in [1.29, 1.82) is 0 Å². The topological polar surface area (TPSA) is 61.9 Å². The minimum Gasteiger partial charge on any atom is -0.382 e. The highest BCUT2D eigenvalue weighted by atomic mass is 32.2. The molecular weight excluding hydrogens is 243 g/mol. The van der Waals surface area contributed by atoms with Gasteiger partial charge in [-0.1, -0.05) is 0 Å². The van der Waals surface area contributed by atoms with Crippen LogP contribution >= 0.6 is 11.8 Å². The van der Waals surface area contributed by atoms with Gasteiger partial charge >= 0.3 is 6.18 Å². The first-order chi connectivity index (χ1) is 7.41. The number of alkyl halides is 3. The van der Waals surface area contributed by atoms with E-state index >= 15 is 0 Å². The lowest BCUT2D eigenvalue weighted by Crippen LogP contribution is -2.43. The molecule has 1 saturated heterocycles. The Morgan fingerprint density at radius 1 is 1.44 bits per heavy atom. The van der Waals surface area contributed by atoms with Crippen molar-refractivity contribution in [3.63, 3.8) is 0 Å². The van der Waals surface area contributed by atoms with Crippen molar-refractivity contribution in [1.82, 2.24) is 4.90 Å². The third-order valence-corrected chi connectivity index (χ3v) is 3.08. The quantitative estimate of drug-likeness (QED) is 0.551. The molecule has 0 amide bonds. The molecular formula is C8H14F3N3OS. The molecule has 0 aromatic carbocycles. The Morgan fingerprint density at radius 2 is 2.00 bits per heavy atom. The second-order valence-electron chi connectivity index (χ2n) is 3.36. The van der Waals surface area contributed by atoms with Gasteiger partial charge in [-0.15, -0.1) is 0 Å². The second-order valence-corrected chi connectivity index (χ2v) is 4.58. The zero-order valence-corrected chi connectivity index (χ0v) is 9.39. The Bertz CT molecular complexity index is 253. The zero-order valence-electron chi connectivity index (χ0n) is 8.57. The number of guanidine groups is 1. The second kappa shape index (κ2) is 5.62. The Morgan fingerprint density at radius 3 is 2.50 bits per heavy atom. The van der Waals surface area contributed by atoms with E-state index in [0.717, 1.165) is 11.5 Å². The van der Waals surface area contributed by atoms with Gasteiger partial charge in [0.1, 0.15) is 0 Å². The van der Waals surface area contributed by atoms with Crippen LogP contribution in [-0.2, 0) is 0 Å². The van der Waals surface area contributed by atoms with Gasteiger partial charge in [-0.25, -0.2) is 0 Å². The maximum absolute atomic E-state index is 12.0. The summed E-state index contributed by atoms with van der Waals surface area (Å²) in [6.07, 6.45) is -7.08. The summed E-state index contributed by atoms with van der Waals surface area (Å²) < 4.78 is 35.9. The van der Waals surface area contributed by atoms with Crippen molar-refractivity contribution in [3.05, 3.63) is 0 Å². The van der Waals surface area contributed by atoms with Crippen molar-refractivity contribution in [2.75, 3.05) is 31.1 Å². The van der Waals surface area contributed by atoms with Gasteiger partial charge < -0.3 is 15.7 Å². The van der Waals surface area contributed by atoms with Crippen LogP contribution in [0.1, 0.15) is 0 Å². The van der Waals surface area contributed by atoms with Crippen LogP contribution in [0.25, 0.3) is 0 Å². The van der Waals surface area contributed by atoms with Crippen LogP contribution in [0.15, 0.2) is 4.99 Å². The number of hydrogen-bond donors (Lipinski definition) is 2. The van der Waals surface area contributed by atoms with Crippen LogP contribution in [0.4, 0.5) is 13.2 Å². The van der Waals surface area contributed by atoms with Crippen LogP contribution in [0.3, 0.4) is 0 Å². The van der Waals surface area contributed by atoms with E-state index in [1.54, 1.807) is 16.7 Å². The summed E-state index contributed by atoms with van der Waals surface area (Å²) in [6, 6.07) is 0. The number of halogens is 3. The fourth-order valence-corrected chi connectivity index (χ4v) is 2.08. The maximum atomic E-state index is 12.0. The van der Waals surface area contributed by atoms with E-state index in [9.17, 15) is 13.2 Å². The standard InChI is InChI=1S/C8H14F3N3OS/c9-8(10,11)6(15)5-13-7(12)14-1-3-16-4-2-14/h6,15H,1-5H2,(H2,12,13). The molecule has 1 fully saturated rings. The highest BCUT2D eigenvalue weighted by molar-refractivity contribution is 7.99. The SMILES string of the molecule is NC(=NCC(O)C(F)(F)F)N1CCSCC1. The Labute approximate surface area is 95.7 Å². The van der Waals surface area contributed by atoms with E-state index in [2.05, 4.69) is 4.99 Å². The largest absolute Gasteiger partial charge is 0.416 e. The van der Waals surface area contributed by atoms with Gasteiger partial charge in [0.2, 0.25) is 0 Å². The number of aliphatic hydroxyl groups excluding tert-OH is 1. The smallest absolute Gasteiger partial charge is 0.382 e. The fourth-order valence-electron chi connectivity index (χ4n) is 1.18. The average Bonchev–Trinajstić information content (AvgIpc) is 2.25. The van der Waals surface area contributed by atoms with Crippen molar-refractivity contribution in [3.8, 4) is 0 Å². The van der Waals surface area contributed by atoms with Crippen LogP contribution in [-0.4, -0.2) is 59.4 Å². The van der Waals surface area contributed by atoms with E-state index < -0.39 is 18.8 Å². The Hall–Kier alpha value is -0.630. The summed E-state index contributed by atoms with van der Waals surface area (Å²) in [5.74, 6) is 1.85. The molecule has 4 nitrogen and oxygen atoms in total. The number of hydrogen-bond acceptors (Lipinski definition) is 3. The fraction of sp³-hybridized carbons (Fsp3) is 0.875. The summed E-state index contributed by atoms with van der Waals surface area (Å²) in [7, 11) is 0. The van der Waals surface area contributed by atoms with Gasteiger partial charge in [-0.05, 0) is 0 Å². The Balaban J connectivity index is 2.43. The summed E-state index contributed by atoms with van der Waals surface area (Å²) in [6.45, 7) is 0.628. The molecule has 1 unspecified atom stereocenters. The molecule has 8 heteroatoms. The van der Waals surface area contributed by atoms with Gasteiger partial charge in [0.25, 0.3) is 0 Å². The minimum absolute atomic E-state index is 0.0728. The molecule has 0 spiro atoms. The van der Waals surface area contributed by atoms with Crippen molar-refractivity contribution < 1.29 is 18.3 Å². The number of rotatable bonds is 2. The zero-order chi connectivity index (χ0) is 12.2. The van der Waals surface area contributed by atoms with Gasteiger partial charge in [0, 0.05) is 24.6 Å². The highest BCUT2D eigenvalue weighted by Gasteiger charge is 2.38. The number of thioether (sulfide) groups is 1. The summed E-state index contributed by atoms with van der Waals surface area (Å²) >= 11 is 1.76. The van der Waals surface area contributed by atoms with E-state index in [-0.39, 0.29) is 5.96 Å². The van der Waals surface area contributed by atoms with Crippen LogP contribution in [0, 0.1) is 0 Å². The third-order valence-electron chi connectivity index (χ3n) is 2.14. The monoisotopic (exact) mass is 257 g/mol. The lowest BCUT2D eigenvalue weighted by molar-refractivity contribution is -0.199. The number of nitrogens with zero attached hydrogens (tertiary/aromatic N) is 2. The molecule has 0 aromatic rings. The molecule has 0 bridgehead atoms. The predicted molar refractivity (Wildman–Crippen MR) is 57.4 cm³/mol. The van der Waals surface area contributed by atoms with Gasteiger partial charge in [0.15, 0.2) is 12.1 Å². The van der Waals surface area contributed by atoms with Crippen molar-refractivity contribution >= 4 is 17.7 Å². The van der Waals surface area contributed by atoms with E-state index in [4.69, 9.17) is 10.8 Å². The summed E-state index contributed by atoms with van der Waals surface area (Å²) in [5.41, 5.74) is 5.53. The van der Waals surface area contributed by atoms with Crippen LogP contribution in [0.2, 0.25) is 0 Å². The van der Waals surface area contributed by atoms with Gasteiger partial charge in [-0.2, -0.15) is 24.9 Å². The lowest BCUT2D eigenvalue weighted by atomic mass is 10.3. The van der Waals surface area contributed by atoms with Crippen molar-refractivity contribution in [2.24, 2.45) is 10.7 Å². The first-order valence-corrected chi connectivity index (χ1v) is 5.94. The molecule has 1 aliphatic heterocycles. The van der Waals surface area contributed by atoms with Gasteiger partial charge in [-0.3, -0.25) is 4.99 Å². The van der Waals surface area contributed by atoms with E-state index in [1.807, 2.05) is 0 Å². The minimum atomic E-state index is -4.64. The maximum Gasteiger partial charge on any atom is 0.416 e. The third kappa shape index (κ3) is 4.09. The molecule has 0 aromatic heterocycles. The molecule has 0 saturated carbocycles. The summed E-state index contributed by atoms with van der Waals surface area (Å²) in [5, 5.41) is 8.72. The predicted octanol–water partition coefficient (Wildman–Crippen LogP) is 0.273. The van der Waals surface area contributed by atoms with Crippen LogP contribution in [0.5, 0.6) is 0 Å². The number of nitrogens with two attached hydrogens (primary N) is 1. The molecule has 3 N–H and O–H groups in total. The van der Waals surface area contributed by atoms with E-state index in [1.165, 1.54) is 0 Å². The number of aliphatic hydroxyl groups is 1. The van der Waals surface area contributed by atoms with Gasteiger partial charge in [0.05, 0.1) is 6.54 Å². The molecule has 16 heavy (non-hydrogen) atoms. The highest BCUT2D eigenvalue weighted by Crippen LogP contribution is 2.20. The summed E-state index contributed by atoms with van der Waals surface area (Å²) in [4.78, 5) is 5.28. The molecule has 0 radical (unpaired) electrons. The molecule has 1 aliphatic rings. The molecule has 0 aliphatic carbocycles.